The van der Waals surface area contributed by atoms with Gasteiger partial charge >= 0.3 is 6.09 Å². The highest BCUT2D eigenvalue weighted by molar-refractivity contribution is 9.10. The molecule has 0 aliphatic carbocycles. The van der Waals surface area contributed by atoms with Crippen LogP contribution in [0.4, 0.5) is 14.3 Å². The van der Waals surface area contributed by atoms with Gasteiger partial charge in [0.05, 0.1) is 4.88 Å². The highest BCUT2D eigenvalue weighted by Crippen LogP contribution is 2.35. The molecule has 5 nitrogen and oxygen atoms in total. The predicted molar refractivity (Wildman–Crippen MR) is 71.9 cm³/mol. The Balaban J connectivity index is 2.31. The summed E-state index contributed by atoms with van der Waals surface area (Å²) in [6, 6.07) is 5.54. The van der Waals surface area contributed by atoms with E-state index < -0.39 is 18.0 Å². The zero-order valence-electron chi connectivity index (χ0n) is 9.30. The van der Waals surface area contributed by atoms with E-state index in [1.54, 1.807) is 6.07 Å². The van der Waals surface area contributed by atoms with Crippen LogP contribution in [0.25, 0.3) is 0 Å². The van der Waals surface area contributed by atoms with Gasteiger partial charge in [-0.3, -0.25) is 5.32 Å². The fourth-order valence-electron chi connectivity index (χ4n) is 1.45. The lowest BCUT2D eigenvalue weighted by Gasteiger charge is -2.08. The number of aromatic nitrogens is 1. The van der Waals surface area contributed by atoms with Crippen molar-refractivity contribution in [3.63, 3.8) is 0 Å². The van der Waals surface area contributed by atoms with Crippen molar-refractivity contribution >= 4 is 38.5 Å². The summed E-state index contributed by atoms with van der Waals surface area (Å²) in [7, 11) is 0. The Morgan fingerprint density at radius 1 is 1.53 bits per heavy atom. The van der Waals surface area contributed by atoms with E-state index in [0.717, 1.165) is 11.3 Å². The van der Waals surface area contributed by atoms with Gasteiger partial charge in [-0.25, -0.2) is 14.2 Å². The molecule has 1 aromatic heterocycles. The molecule has 0 radical (unpaired) electrons. The maximum Gasteiger partial charge on any atom is 0.410 e. The Labute approximate surface area is 119 Å². The first-order valence-corrected chi connectivity index (χ1v) is 6.68. The summed E-state index contributed by atoms with van der Waals surface area (Å²) in [5.74, 6) is -0.457. The number of halogens is 2. The van der Waals surface area contributed by atoms with E-state index in [-0.39, 0.29) is 5.13 Å². The molecule has 100 valence electrons. The second-order valence-electron chi connectivity index (χ2n) is 3.56. The molecule has 1 atom stereocenters. The quantitative estimate of drug-likeness (QED) is 0.796. The number of carbonyl (C=O) groups is 1. The lowest BCUT2D eigenvalue weighted by molar-refractivity contribution is 0.209. The predicted octanol–water partition coefficient (Wildman–Crippen LogP) is 3.22. The number of nitrogens with one attached hydrogen (secondary N) is 1. The van der Waals surface area contributed by atoms with Crippen molar-refractivity contribution in [1.29, 1.82) is 0 Å². The summed E-state index contributed by atoms with van der Waals surface area (Å²) in [6.45, 7) is 0. The number of aliphatic hydroxyl groups is 1. The summed E-state index contributed by atoms with van der Waals surface area (Å²) in [5.41, 5.74) is 0.367. The second kappa shape index (κ2) is 5.64. The number of rotatable bonds is 3. The monoisotopic (exact) mass is 346 g/mol. The molecule has 2 aromatic rings. The van der Waals surface area contributed by atoms with Gasteiger partial charge in [-0.05, 0) is 33.6 Å². The third-order valence-electron chi connectivity index (χ3n) is 2.24. The molecular formula is C11H8BrFN2O3S. The average Bonchev–Trinajstić information content (AvgIpc) is 2.68. The molecule has 3 N–H and O–H groups in total. The van der Waals surface area contributed by atoms with Crippen molar-refractivity contribution in [1.82, 2.24) is 4.98 Å². The number of hydrogen-bond donors (Lipinski definition) is 3. The molecule has 1 unspecified atom stereocenters. The zero-order valence-corrected chi connectivity index (χ0v) is 11.7. The Morgan fingerprint density at radius 2 is 2.26 bits per heavy atom. The van der Waals surface area contributed by atoms with Crippen molar-refractivity contribution in [3.05, 3.63) is 45.1 Å². The van der Waals surface area contributed by atoms with Gasteiger partial charge in [-0.15, -0.1) is 0 Å². The van der Waals surface area contributed by atoms with Crippen molar-refractivity contribution in [3.8, 4) is 0 Å². The maximum atomic E-state index is 13.1. The number of aliphatic hydroxyl groups excluding tert-OH is 1. The molecule has 1 aromatic carbocycles. The minimum absolute atomic E-state index is 0.129. The standard InChI is InChI=1S/C11H8BrFN2O3S/c12-9-8(19-10(14-9)15-11(17)18)7(16)5-2-1-3-6(13)4-5/h1-4,7,16H,(H,14,15)(H,17,18). The first-order valence-electron chi connectivity index (χ1n) is 5.07. The van der Waals surface area contributed by atoms with Gasteiger partial charge in [0.25, 0.3) is 0 Å². The molecule has 0 saturated heterocycles. The fourth-order valence-corrected chi connectivity index (χ4v) is 3.07. The van der Waals surface area contributed by atoms with E-state index in [2.05, 4.69) is 26.2 Å². The van der Waals surface area contributed by atoms with Gasteiger partial charge < -0.3 is 10.2 Å². The van der Waals surface area contributed by atoms with E-state index in [1.807, 2.05) is 0 Å². The number of benzene rings is 1. The van der Waals surface area contributed by atoms with Crippen molar-refractivity contribution in [2.24, 2.45) is 0 Å². The number of thiazole rings is 1. The number of carboxylic acid groups (broad SMARTS) is 1. The van der Waals surface area contributed by atoms with Crippen LogP contribution in [0.2, 0.25) is 0 Å². The van der Waals surface area contributed by atoms with Crippen LogP contribution in [0.3, 0.4) is 0 Å². The van der Waals surface area contributed by atoms with Gasteiger partial charge in [0.15, 0.2) is 5.13 Å². The molecule has 8 heteroatoms. The SMILES string of the molecule is O=C(O)Nc1nc(Br)c(C(O)c2cccc(F)c2)s1. The minimum atomic E-state index is -1.24. The Hall–Kier alpha value is -1.51. The summed E-state index contributed by atoms with van der Waals surface area (Å²) in [6.07, 6.45) is -2.32. The smallest absolute Gasteiger partial charge is 0.410 e. The minimum Gasteiger partial charge on any atom is -0.465 e. The largest absolute Gasteiger partial charge is 0.465 e. The van der Waals surface area contributed by atoms with Crippen LogP contribution in [0, 0.1) is 5.82 Å². The summed E-state index contributed by atoms with van der Waals surface area (Å²) >= 11 is 4.11. The molecule has 0 bridgehead atoms. The molecule has 1 amide bonds. The normalized spacial score (nSPS) is 12.2. The van der Waals surface area contributed by atoms with Gasteiger partial charge in [-0.1, -0.05) is 23.5 Å². The Kier molecular flexibility index (Phi) is 4.13. The van der Waals surface area contributed by atoms with Gasteiger partial charge in [0.2, 0.25) is 0 Å². The van der Waals surface area contributed by atoms with Crippen LogP contribution >= 0.6 is 27.3 Å². The summed E-state index contributed by atoms with van der Waals surface area (Å²) in [5, 5.41) is 21.0. The summed E-state index contributed by atoms with van der Waals surface area (Å²) < 4.78 is 13.4. The van der Waals surface area contributed by atoms with Crippen LogP contribution in [-0.4, -0.2) is 21.3 Å². The highest BCUT2D eigenvalue weighted by Gasteiger charge is 2.20. The highest BCUT2D eigenvalue weighted by atomic mass is 79.9. The van der Waals surface area contributed by atoms with Crippen molar-refractivity contribution < 1.29 is 19.4 Å². The first kappa shape index (κ1) is 13.9. The number of nitrogens with zero attached hydrogens (tertiary/aromatic N) is 1. The molecule has 0 spiro atoms. The third-order valence-corrected chi connectivity index (χ3v) is 4.13. The zero-order chi connectivity index (χ0) is 14.0. The first-order chi connectivity index (χ1) is 8.97. The molecule has 0 fully saturated rings. The maximum absolute atomic E-state index is 13.1. The number of hydrogen-bond acceptors (Lipinski definition) is 4. The Morgan fingerprint density at radius 3 is 2.89 bits per heavy atom. The number of anilines is 1. The molecular weight excluding hydrogens is 339 g/mol. The van der Waals surface area contributed by atoms with Crippen LogP contribution in [0.1, 0.15) is 16.5 Å². The molecule has 0 aliphatic rings. The van der Waals surface area contributed by atoms with Gasteiger partial charge in [0.1, 0.15) is 16.5 Å². The van der Waals surface area contributed by atoms with Crippen molar-refractivity contribution in [2.45, 2.75) is 6.10 Å². The van der Waals surface area contributed by atoms with Crippen LogP contribution in [0.15, 0.2) is 28.9 Å². The van der Waals surface area contributed by atoms with Crippen LogP contribution in [0.5, 0.6) is 0 Å². The molecule has 2 rings (SSSR count). The molecule has 1 heterocycles. The van der Waals surface area contributed by atoms with Gasteiger partial charge in [0, 0.05) is 0 Å². The molecule has 0 aliphatic heterocycles. The van der Waals surface area contributed by atoms with Gasteiger partial charge in [-0.2, -0.15) is 0 Å². The summed E-state index contributed by atoms with van der Waals surface area (Å²) in [4.78, 5) is 14.8. The van der Waals surface area contributed by atoms with E-state index >= 15 is 0 Å². The second-order valence-corrected chi connectivity index (χ2v) is 5.34. The lowest BCUT2D eigenvalue weighted by Crippen LogP contribution is -2.06. The lowest BCUT2D eigenvalue weighted by atomic mass is 10.1. The number of amides is 1. The topological polar surface area (TPSA) is 82.5 Å². The average molecular weight is 347 g/mol. The third kappa shape index (κ3) is 3.28. The van der Waals surface area contributed by atoms with E-state index in [0.29, 0.717) is 15.0 Å². The molecule has 0 saturated carbocycles. The van der Waals surface area contributed by atoms with E-state index in [4.69, 9.17) is 5.11 Å². The molecule has 19 heavy (non-hydrogen) atoms. The van der Waals surface area contributed by atoms with Crippen molar-refractivity contribution in [2.75, 3.05) is 5.32 Å². The van der Waals surface area contributed by atoms with E-state index in [9.17, 15) is 14.3 Å². The fraction of sp³-hybridized carbons (Fsp3) is 0.0909. The van der Waals surface area contributed by atoms with Crippen LogP contribution in [-0.2, 0) is 0 Å². The Bertz CT molecular complexity index is 620. The van der Waals surface area contributed by atoms with E-state index in [1.165, 1.54) is 18.2 Å². The van der Waals surface area contributed by atoms with Crippen LogP contribution < -0.4 is 5.32 Å².